The molecule has 2 fully saturated rings. The van der Waals surface area contributed by atoms with Crippen LogP contribution < -0.4 is 5.73 Å². The number of halogens is 3. The number of ether oxygens (including phenoxy) is 1. The number of carbonyl (C=O) groups is 2. The van der Waals surface area contributed by atoms with Crippen molar-refractivity contribution in [1.29, 1.82) is 0 Å². The number of carbonyl (C=O) groups excluding carboxylic acids is 2. The van der Waals surface area contributed by atoms with Crippen LogP contribution in [0.15, 0.2) is 67.6 Å². The number of morpholine rings is 1. The highest BCUT2D eigenvalue weighted by Crippen LogP contribution is 2.46. The van der Waals surface area contributed by atoms with Crippen molar-refractivity contribution in [2.75, 3.05) is 18.9 Å². The fraction of sp³-hybridized carbons (Fsp3) is 0.276. The summed E-state index contributed by atoms with van der Waals surface area (Å²) < 4.78 is 46.9. The first-order valence-corrected chi connectivity index (χ1v) is 12.9. The lowest BCUT2D eigenvalue weighted by Crippen LogP contribution is -2.56. The van der Waals surface area contributed by atoms with Crippen LogP contribution in [0, 0.1) is 0 Å². The van der Waals surface area contributed by atoms with Gasteiger partial charge in [-0.05, 0) is 31.1 Å². The van der Waals surface area contributed by atoms with Crippen molar-refractivity contribution in [1.82, 2.24) is 24.3 Å². The zero-order valence-electron chi connectivity index (χ0n) is 21.8. The number of alkyl halides is 3. The Morgan fingerprint density at radius 3 is 2.68 bits per heavy atom. The second-order valence-corrected chi connectivity index (χ2v) is 10.2. The smallest absolute Gasteiger partial charge is 0.382 e. The third-order valence-electron chi connectivity index (χ3n) is 7.75. The number of nitrogen functional groups attached to an aromatic ring is 1. The number of ketones is 1. The zero-order chi connectivity index (χ0) is 28.9. The second-order valence-electron chi connectivity index (χ2n) is 10.2. The molecule has 41 heavy (non-hydrogen) atoms. The molecule has 2 aliphatic rings. The quantitative estimate of drug-likeness (QED) is 0.276. The van der Waals surface area contributed by atoms with Gasteiger partial charge >= 0.3 is 6.18 Å². The van der Waals surface area contributed by atoms with Crippen molar-refractivity contribution in [3.8, 4) is 11.3 Å². The summed E-state index contributed by atoms with van der Waals surface area (Å²) in [5, 5.41) is 0. The monoisotopic (exact) mass is 562 g/mol. The summed E-state index contributed by atoms with van der Waals surface area (Å²) in [6.45, 7) is 4.38. The van der Waals surface area contributed by atoms with Gasteiger partial charge in [0.05, 0.1) is 31.2 Å². The molecule has 9 nitrogen and oxygen atoms in total. The average Bonchev–Trinajstić information content (AvgIpc) is 3.46. The Hall–Kier alpha value is -4.58. The molecule has 0 radical (unpaired) electrons. The zero-order valence-corrected chi connectivity index (χ0v) is 21.8. The summed E-state index contributed by atoms with van der Waals surface area (Å²) in [7, 11) is 0. The minimum atomic E-state index is -4.52. The summed E-state index contributed by atoms with van der Waals surface area (Å²) in [5.74, 6) is 0.245. The van der Waals surface area contributed by atoms with Crippen molar-refractivity contribution in [3.63, 3.8) is 0 Å². The summed E-state index contributed by atoms with van der Waals surface area (Å²) in [4.78, 5) is 40.8. The van der Waals surface area contributed by atoms with Crippen molar-refractivity contribution in [3.05, 3.63) is 90.3 Å². The number of rotatable bonds is 6. The third kappa shape index (κ3) is 4.44. The number of nitrogens with zero attached hydrogens (tertiary/aromatic N) is 5. The van der Waals surface area contributed by atoms with E-state index >= 15 is 0 Å². The van der Waals surface area contributed by atoms with Crippen LogP contribution >= 0.6 is 0 Å². The number of aromatic nitrogens is 4. The summed E-state index contributed by atoms with van der Waals surface area (Å²) in [5.41, 5.74) is 6.68. The van der Waals surface area contributed by atoms with Crippen LogP contribution in [0.25, 0.3) is 16.8 Å². The van der Waals surface area contributed by atoms with Crippen LogP contribution in [0.1, 0.15) is 40.3 Å². The highest BCUT2D eigenvalue weighted by atomic mass is 19.4. The second kappa shape index (κ2) is 9.81. The minimum Gasteiger partial charge on any atom is -0.382 e. The van der Waals surface area contributed by atoms with Crippen molar-refractivity contribution in [2.45, 2.75) is 37.0 Å². The van der Waals surface area contributed by atoms with Crippen molar-refractivity contribution < 1.29 is 27.5 Å². The van der Waals surface area contributed by atoms with E-state index in [-0.39, 0.29) is 42.3 Å². The number of benzene rings is 1. The number of hydrogen-bond donors (Lipinski definition) is 1. The Bertz CT molecular complexity index is 1680. The normalized spacial score (nSPS) is 20.4. The molecule has 3 aromatic heterocycles. The fourth-order valence-corrected chi connectivity index (χ4v) is 5.87. The van der Waals surface area contributed by atoms with E-state index in [1.165, 1.54) is 6.08 Å². The SMILES string of the molecule is C=CC(=O)N1C2CCC1(c1nc(-c3ccc(C(=O)Cc4cc(C(F)(F)F)ccn4)cc3)c3c(N)nccn13)COC2. The van der Waals surface area contributed by atoms with Gasteiger partial charge in [-0.25, -0.2) is 9.97 Å². The number of hydrogen-bond acceptors (Lipinski definition) is 7. The molecule has 210 valence electrons. The fourth-order valence-electron chi connectivity index (χ4n) is 5.87. The molecule has 2 atom stereocenters. The number of nitrogens with two attached hydrogens (primary N) is 1. The van der Waals surface area contributed by atoms with E-state index in [0.29, 0.717) is 41.2 Å². The molecule has 1 aromatic carbocycles. The first kappa shape index (κ1) is 26.6. The highest BCUT2D eigenvalue weighted by molar-refractivity contribution is 5.98. The molecule has 2 bridgehead atoms. The molecule has 2 aliphatic heterocycles. The lowest BCUT2D eigenvalue weighted by Gasteiger charge is -2.43. The molecular formula is C29H25F3N6O3. The molecule has 0 spiro atoms. The van der Waals surface area contributed by atoms with Gasteiger partial charge in [-0.2, -0.15) is 13.2 Å². The van der Waals surface area contributed by atoms with Gasteiger partial charge in [0.25, 0.3) is 0 Å². The Morgan fingerprint density at radius 2 is 1.95 bits per heavy atom. The number of anilines is 1. The highest BCUT2D eigenvalue weighted by Gasteiger charge is 2.55. The van der Waals surface area contributed by atoms with Gasteiger partial charge in [-0.3, -0.25) is 19.0 Å². The number of fused-ring (bicyclic) bond motifs is 3. The summed E-state index contributed by atoms with van der Waals surface area (Å²) in [6.07, 6.45) is 2.24. The Morgan fingerprint density at radius 1 is 1.17 bits per heavy atom. The maximum absolute atomic E-state index is 13.1. The van der Waals surface area contributed by atoms with Gasteiger partial charge in [0.1, 0.15) is 28.4 Å². The van der Waals surface area contributed by atoms with E-state index in [1.807, 2.05) is 9.30 Å². The predicted molar refractivity (Wildman–Crippen MR) is 143 cm³/mol. The van der Waals surface area contributed by atoms with Gasteiger partial charge in [0.2, 0.25) is 5.91 Å². The molecule has 2 unspecified atom stereocenters. The van der Waals surface area contributed by atoms with Gasteiger partial charge in [0, 0.05) is 35.4 Å². The average molecular weight is 563 g/mol. The number of Topliss-reactive ketones (excluding diaryl/α,β-unsaturated/α-hetero) is 1. The molecule has 12 heteroatoms. The molecule has 6 rings (SSSR count). The van der Waals surface area contributed by atoms with Gasteiger partial charge in [0.15, 0.2) is 5.78 Å². The first-order chi connectivity index (χ1) is 19.6. The van der Waals surface area contributed by atoms with Crippen LogP contribution in [-0.4, -0.2) is 55.2 Å². The number of imidazole rings is 1. The van der Waals surface area contributed by atoms with Gasteiger partial charge in [-0.15, -0.1) is 0 Å². The maximum atomic E-state index is 13.1. The molecule has 1 amide bonds. The van der Waals surface area contributed by atoms with Crippen LogP contribution in [-0.2, 0) is 27.7 Å². The minimum absolute atomic E-state index is 0.0277. The molecule has 5 heterocycles. The van der Waals surface area contributed by atoms with E-state index in [9.17, 15) is 22.8 Å². The van der Waals surface area contributed by atoms with E-state index in [0.717, 1.165) is 24.8 Å². The molecule has 4 aromatic rings. The lowest BCUT2D eigenvalue weighted by molar-refractivity contribution is -0.146. The number of pyridine rings is 1. The van der Waals surface area contributed by atoms with Crippen LogP contribution in [0.3, 0.4) is 0 Å². The predicted octanol–water partition coefficient (Wildman–Crippen LogP) is 4.22. The topological polar surface area (TPSA) is 116 Å². The van der Waals surface area contributed by atoms with Crippen molar-refractivity contribution in [2.24, 2.45) is 0 Å². The number of amides is 1. The molecular weight excluding hydrogens is 537 g/mol. The first-order valence-electron chi connectivity index (χ1n) is 12.9. The van der Waals surface area contributed by atoms with Crippen LogP contribution in [0.5, 0.6) is 0 Å². The summed E-state index contributed by atoms with van der Waals surface area (Å²) >= 11 is 0. The maximum Gasteiger partial charge on any atom is 0.416 e. The Balaban J connectivity index is 1.36. The van der Waals surface area contributed by atoms with Crippen LogP contribution in [0.4, 0.5) is 19.0 Å². The third-order valence-corrected chi connectivity index (χ3v) is 7.75. The molecule has 0 saturated carbocycles. The Kier molecular flexibility index (Phi) is 6.37. The van der Waals surface area contributed by atoms with Gasteiger partial charge in [-0.1, -0.05) is 30.8 Å². The molecule has 0 aliphatic carbocycles. The molecule has 2 saturated heterocycles. The Labute approximate surface area is 232 Å². The van der Waals surface area contributed by atoms with E-state index < -0.39 is 17.3 Å². The largest absolute Gasteiger partial charge is 0.416 e. The van der Waals surface area contributed by atoms with E-state index in [2.05, 4.69) is 16.5 Å². The molecule has 2 N–H and O–H groups in total. The van der Waals surface area contributed by atoms with Crippen LogP contribution in [0.2, 0.25) is 0 Å². The van der Waals surface area contributed by atoms with Gasteiger partial charge < -0.3 is 15.4 Å². The summed E-state index contributed by atoms with van der Waals surface area (Å²) in [6, 6.07) is 8.22. The van der Waals surface area contributed by atoms with Crippen molar-refractivity contribution >= 4 is 23.0 Å². The standard InChI is InChI=1S/C29H25F3N6O3/c1-2-23(40)38-21-7-9-28(38,16-41-15-21)27-36-24(25-26(33)35-11-12-37(25)27)18-5-3-17(4-6-18)22(39)14-20-13-19(8-10-34-20)29(30,31)32/h2-6,8,10-13,21H,1,7,9,14-16H2,(H2,33,35). The van der Waals surface area contributed by atoms with E-state index in [4.69, 9.17) is 15.5 Å². The lowest BCUT2D eigenvalue weighted by atomic mass is 9.95. The van der Waals surface area contributed by atoms with E-state index in [1.54, 1.807) is 36.7 Å².